The maximum Gasteiger partial charge on any atom is 0.301 e. The monoisotopic (exact) mass is 935 g/mol. The van der Waals surface area contributed by atoms with E-state index in [0.29, 0.717) is 46.5 Å². The second-order valence-electron chi connectivity index (χ2n) is 19.0. The van der Waals surface area contributed by atoms with E-state index in [1.165, 1.54) is 19.0 Å². The summed E-state index contributed by atoms with van der Waals surface area (Å²) in [5.41, 5.74) is 4.34. The van der Waals surface area contributed by atoms with Crippen LogP contribution in [0.15, 0.2) is 73.1 Å². The summed E-state index contributed by atoms with van der Waals surface area (Å²) in [4.78, 5) is 67.3. The molecule has 6 aliphatic rings. The van der Waals surface area contributed by atoms with Gasteiger partial charge >= 0.3 is 10.2 Å². The topological polar surface area (TPSA) is 171 Å². The van der Waals surface area contributed by atoms with Gasteiger partial charge in [-0.25, -0.2) is 18.2 Å². The fraction of sp³-hybridized carbons (Fsp3) is 0.396. The number of imide groups is 1. The molecular weight excluding hydrogens is 888 g/mol. The second kappa shape index (κ2) is 16.5. The summed E-state index contributed by atoms with van der Waals surface area (Å²) >= 11 is 0. The summed E-state index contributed by atoms with van der Waals surface area (Å²) in [6.45, 7) is 6.67. The van der Waals surface area contributed by atoms with E-state index in [9.17, 15) is 32.0 Å². The van der Waals surface area contributed by atoms with Gasteiger partial charge in [0.1, 0.15) is 23.7 Å². The summed E-state index contributed by atoms with van der Waals surface area (Å²) in [5, 5.41) is 2.70. The Morgan fingerprint density at radius 1 is 0.881 bits per heavy atom. The molecule has 1 spiro atoms. The first-order chi connectivity index (χ1) is 32.2. The summed E-state index contributed by atoms with van der Waals surface area (Å²) in [7, 11) is -4.35. The van der Waals surface area contributed by atoms with Crippen molar-refractivity contribution in [3.63, 3.8) is 0 Å². The van der Waals surface area contributed by atoms with Crippen molar-refractivity contribution >= 4 is 61.8 Å². The van der Waals surface area contributed by atoms with Gasteiger partial charge in [0.2, 0.25) is 17.6 Å². The minimum absolute atomic E-state index is 0.00497. The number of halogens is 3. The average Bonchev–Trinajstić information content (AvgIpc) is 4.02. The number of aromatic nitrogens is 2. The largest absolute Gasteiger partial charge is 0.370 e. The van der Waals surface area contributed by atoms with Crippen molar-refractivity contribution < 1.29 is 40.8 Å². The number of carbonyl (C=O) groups excluding carboxylic acids is 4. The first-order valence-electron chi connectivity index (χ1n) is 22.7. The van der Waals surface area contributed by atoms with Gasteiger partial charge in [0.05, 0.1) is 11.3 Å². The number of hydrogen-bond donors (Lipinski definition) is 3. The predicted octanol–water partition coefficient (Wildman–Crippen LogP) is 5.24. The quantitative estimate of drug-likeness (QED) is 0.118. The zero-order chi connectivity index (χ0) is 46.4. The Balaban J connectivity index is 0.671. The number of piperazine rings is 1. The zero-order valence-corrected chi connectivity index (χ0v) is 37.3. The number of carbonyl (C=O) groups is 4. The Hall–Kier alpha value is -6.31. The third-order valence-electron chi connectivity index (χ3n) is 14.6. The first-order valence-corrected chi connectivity index (χ1v) is 24.2. The molecular formula is C48H48F3N9O6S. The number of H-pyrrole nitrogens is 1. The first kappa shape index (κ1) is 43.3. The van der Waals surface area contributed by atoms with Crippen LogP contribution in [0.25, 0.3) is 22.2 Å². The predicted molar refractivity (Wildman–Crippen MR) is 243 cm³/mol. The number of fused-ring (bicyclic) bond motifs is 2. The fourth-order valence-electron chi connectivity index (χ4n) is 11.1. The Morgan fingerprint density at radius 3 is 2.37 bits per heavy atom. The highest BCUT2D eigenvalue weighted by Crippen LogP contribution is 2.53. The van der Waals surface area contributed by atoms with Crippen LogP contribution in [-0.4, -0.2) is 127 Å². The van der Waals surface area contributed by atoms with Gasteiger partial charge < -0.3 is 19.7 Å². The molecule has 1 saturated carbocycles. The van der Waals surface area contributed by atoms with Crippen molar-refractivity contribution in [2.24, 2.45) is 11.3 Å². The maximum absolute atomic E-state index is 15.8. The van der Waals surface area contributed by atoms with E-state index in [2.05, 4.69) is 48.2 Å². The van der Waals surface area contributed by atoms with E-state index < -0.39 is 57.0 Å². The normalized spacial score (nSPS) is 22.3. The minimum atomic E-state index is -4.35. The molecule has 3 N–H and O–H groups in total. The van der Waals surface area contributed by atoms with Crippen LogP contribution in [0, 0.1) is 23.0 Å². The average molecular weight is 936 g/mol. The maximum atomic E-state index is 15.8. The van der Waals surface area contributed by atoms with Crippen LogP contribution in [-0.2, 0) is 26.3 Å². The van der Waals surface area contributed by atoms with Crippen molar-refractivity contribution in [2.45, 2.75) is 50.9 Å². The lowest BCUT2D eigenvalue weighted by molar-refractivity contribution is -0.136. The molecule has 11 rings (SSSR count). The number of ketones is 1. The van der Waals surface area contributed by atoms with E-state index in [1.54, 1.807) is 17.2 Å². The molecule has 19 heteroatoms. The molecule has 3 amide bonds. The van der Waals surface area contributed by atoms with Gasteiger partial charge in [-0.05, 0) is 91.3 Å². The van der Waals surface area contributed by atoms with E-state index in [1.807, 2.05) is 29.0 Å². The number of aromatic amines is 1. The molecule has 4 saturated heterocycles. The molecule has 5 fully saturated rings. The third kappa shape index (κ3) is 7.89. The molecule has 67 heavy (non-hydrogen) atoms. The molecule has 3 aromatic carbocycles. The lowest BCUT2D eigenvalue weighted by atomic mass is 9.57. The summed E-state index contributed by atoms with van der Waals surface area (Å²) in [5.74, 6) is -3.73. The lowest BCUT2D eigenvalue weighted by Gasteiger charge is -2.60. The molecule has 7 heterocycles. The lowest BCUT2D eigenvalue weighted by Crippen LogP contribution is -2.64. The van der Waals surface area contributed by atoms with Crippen molar-refractivity contribution in [1.82, 2.24) is 29.4 Å². The van der Waals surface area contributed by atoms with Gasteiger partial charge in [-0.3, -0.25) is 34.1 Å². The molecule has 0 radical (unpaired) electrons. The van der Waals surface area contributed by atoms with Gasteiger partial charge in [-0.15, -0.1) is 0 Å². The highest BCUT2D eigenvalue weighted by molar-refractivity contribution is 7.90. The van der Waals surface area contributed by atoms with E-state index in [0.717, 1.165) is 84.8 Å². The number of rotatable bonds is 11. The van der Waals surface area contributed by atoms with Crippen LogP contribution in [0.4, 0.5) is 30.2 Å². The second-order valence-corrected chi connectivity index (χ2v) is 20.7. The zero-order valence-electron chi connectivity index (χ0n) is 36.4. The van der Waals surface area contributed by atoms with Crippen LogP contribution in [0.5, 0.6) is 0 Å². The standard InChI is InChI=1S/C48H48F3N9O6S/c49-32-11-12-59(25-32)67(65,66)55-39-8-7-38(50)42(43(39)51)44(62)37-22-53-45-36(37)18-30(21-52-45)29-1-3-33(4-2-29)57-15-13-56(14-16-57)23-28-19-48(20-28)26-58(27-48)34-5-6-35-31(17-34)24-60(47(35)64)40-9-10-41(61)54-46(40)63/h1-8,17-18,21-22,28,32,40,55H,9-16,19-20,23-27H2,(H,52,53)(H,54,61,63)/t32-,40?/m1/s1. The van der Waals surface area contributed by atoms with E-state index >= 15 is 8.78 Å². The molecule has 2 aromatic heterocycles. The van der Waals surface area contributed by atoms with Crippen LogP contribution in [0.1, 0.15) is 63.9 Å². The Kier molecular flexibility index (Phi) is 10.6. The summed E-state index contributed by atoms with van der Waals surface area (Å²) in [6, 6.07) is 16.9. The number of anilines is 3. The number of nitrogens with one attached hydrogen (secondary N) is 3. The molecule has 1 aliphatic carbocycles. The number of alkyl halides is 1. The fourth-order valence-corrected chi connectivity index (χ4v) is 12.4. The number of benzene rings is 3. The Labute approximate surface area is 384 Å². The smallest absolute Gasteiger partial charge is 0.301 e. The van der Waals surface area contributed by atoms with Gasteiger partial charge in [-0.1, -0.05) is 12.1 Å². The van der Waals surface area contributed by atoms with E-state index in [4.69, 9.17) is 0 Å². The van der Waals surface area contributed by atoms with Gasteiger partial charge in [-0.2, -0.15) is 12.7 Å². The summed E-state index contributed by atoms with van der Waals surface area (Å²) in [6.07, 6.45) is 4.61. The van der Waals surface area contributed by atoms with Crippen LogP contribution in [0.3, 0.4) is 0 Å². The van der Waals surface area contributed by atoms with Crippen molar-refractivity contribution in [2.75, 3.05) is 73.4 Å². The SMILES string of the molecule is O=C1CCC(N2Cc3cc(N4CC5(CC(CN6CCN(c7ccc(-c8cnc9[nH]cc(C(=O)c%10c(F)ccc(NS(=O)(=O)N%11CC[C@@H](F)C%11)c%10F)c9c8)cc7)CC6)C5)C4)ccc3C2=O)C(=O)N1. The van der Waals surface area contributed by atoms with Gasteiger partial charge in [0, 0.05) is 123 Å². The molecule has 2 atom stereocenters. The number of amides is 3. The molecule has 1 unspecified atom stereocenters. The highest BCUT2D eigenvalue weighted by atomic mass is 32.2. The third-order valence-corrected chi connectivity index (χ3v) is 16.1. The molecule has 5 aliphatic heterocycles. The number of hydrogen-bond acceptors (Lipinski definition) is 10. The molecule has 5 aromatic rings. The van der Waals surface area contributed by atoms with Crippen LogP contribution in [0.2, 0.25) is 0 Å². The minimum Gasteiger partial charge on any atom is -0.370 e. The van der Waals surface area contributed by atoms with Crippen molar-refractivity contribution in [3.05, 3.63) is 107 Å². The van der Waals surface area contributed by atoms with Crippen LogP contribution >= 0.6 is 0 Å². The number of piperidine rings is 1. The van der Waals surface area contributed by atoms with Gasteiger partial charge in [0.25, 0.3) is 5.91 Å². The molecule has 0 bridgehead atoms. The van der Waals surface area contributed by atoms with Crippen molar-refractivity contribution in [3.8, 4) is 11.1 Å². The van der Waals surface area contributed by atoms with Crippen LogP contribution < -0.4 is 19.8 Å². The molecule has 15 nitrogen and oxygen atoms in total. The highest BCUT2D eigenvalue weighted by Gasteiger charge is 2.52. The molecule has 348 valence electrons. The van der Waals surface area contributed by atoms with E-state index in [-0.39, 0.29) is 43.3 Å². The summed E-state index contributed by atoms with van der Waals surface area (Å²) < 4.78 is 73.1. The number of nitrogens with zero attached hydrogens (tertiary/aromatic N) is 6. The Bertz CT molecular complexity index is 2960. The number of pyridine rings is 1. The van der Waals surface area contributed by atoms with Crippen molar-refractivity contribution in [1.29, 1.82) is 0 Å². The Morgan fingerprint density at radius 2 is 1.64 bits per heavy atom. The van der Waals surface area contributed by atoms with Gasteiger partial charge in [0.15, 0.2) is 5.82 Å².